The zero-order chi connectivity index (χ0) is 20.2. The van der Waals surface area contributed by atoms with Crippen LogP contribution in [0.2, 0.25) is 0 Å². The molecule has 0 aliphatic heterocycles. The lowest BCUT2D eigenvalue weighted by Crippen LogP contribution is -2.34. The normalized spacial score (nSPS) is 17.4. The highest BCUT2D eigenvalue weighted by atomic mass is 16.2. The number of benzene rings is 3. The first-order valence-electron chi connectivity index (χ1n) is 9.88. The van der Waals surface area contributed by atoms with E-state index in [0.29, 0.717) is 13.0 Å². The Morgan fingerprint density at radius 3 is 1.79 bits per heavy atom. The van der Waals surface area contributed by atoms with E-state index < -0.39 is 0 Å². The van der Waals surface area contributed by atoms with E-state index in [9.17, 15) is 9.59 Å². The Morgan fingerprint density at radius 2 is 1.21 bits per heavy atom. The molecule has 146 valence electrons. The average Bonchev–Trinajstić information content (AvgIpc) is 3.59. The van der Waals surface area contributed by atoms with Crippen LogP contribution in [-0.2, 0) is 16.1 Å². The summed E-state index contributed by atoms with van der Waals surface area (Å²) in [5.41, 5.74) is 2.77. The summed E-state index contributed by atoms with van der Waals surface area (Å²) in [7, 11) is 1.77. The van der Waals surface area contributed by atoms with E-state index in [1.165, 1.54) is 0 Å². The van der Waals surface area contributed by atoms with E-state index in [0.717, 1.165) is 16.9 Å². The van der Waals surface area contributed by atoms with Crippen molar-refractivity contribution in [2.45, 2.75) is 13.0 Å². The Hall–Kier alpha value is -3.40. The number of anilines is 2. The maximum atomic E-state index is 13.3. The van der Waals surface area contributed by atoms with Gasteiger partial charge in [-0.25, -0.2) is 0 Å². The van der Waals surface area contributed by atoms with Gasteiger partial charge in [-0.1, -0.05) is 66.7 Å². The second kappa shape index (κ2) is 8.31. The van der Waals surface area contributed by atoms with Gasteiger partial charge in [0.05, 0.1) is 18.4 Å². The topological polar surface area (TPSA) is 40.6 Å². The van der Waals surface area contributed by atoms with Crippen molar-refractivity contribution >= 4 is 23.2 Å². The number of nitrogens with zero attached hydrogens (tertiary/aromatic N) is 2. The van der Waals surface area contributed by atoms with Gasteiger partial charge in [0.25, 0.3) is 0 Å². The Labute approximate surface area is 171 Å². The van der Waals surface area contributed by atoms with Gasteiger partial charge in [-0.05, 0) is 36.2 Å². The third kappa shape index (κ3) is 4.21. The highest BCUT2D eigenvalue weighted by Gasteiger charge is 2.50. The standard InChI is InChI=1S/C25H24N2O2/c1-26(20-13-7-3-8-14-20)24(28)22-17-23(22)25(29)27(21-15-9-4-10-16-21)18-19-11-5-2-6-12-19/h2-16,22-23H,17-18H2,1H3. The Kier molecular flexibility index (Phi) is 5.43. The first kappa shape index (κ1) is 18.9. The molecule has 2 amide bonds. The molecular formula is C25H24N2O2. The summed E-state index contributed by atoms with van der Waals surface area (Å²) in [6, 6.07) is 29.2. The maximum Gasteiger partial charge on any atom is 0.231 e. The van der Waals surface area contributed by atoms with Crippen LogP contribution in [0.15, 0.2) is 91.0 Å². The number of amides is 2. The van der Waals surface area contributed by atoms with Gasteiger partial charge < -0.3 is 9.80 Å². The van der Waals surface area contributed by atoms with Crippen molar-refractivity contribution in [3.8, 4) is 0 Å². The molecule has 3 aromatic rings. The van der Waals surface area contributed by atoms with Crippen molar-refractivity contribution in [2.24, 2.45) is 11.8 Å². The minimum atomic E-state index is -0.266. The molecule has 4 rings (SSSR count). The minimum Gasteiger partial charge on any atom is -0.315 e. The van der Waals surface area contributed by atoms with Gasteiger partial charge in [0.15, 0.2) is 0 Å². The largest absolute Gasteiger partial charge is 0.315 e. The molecule has 0 bridgehead atoms. The van der Waals surface area contributed by atoms with Crippen LogP contribution in [0.1, 0.15) is 12.0 Å². The highest BCUT2D eigenvalue weighted by molar-refractivity contribution is 6.05. The lowest BCUT2D eigenvalue weighted by atomic mass is 10.1. The third-order valence-electron chi connectivity index (χ3n) is 5.42. The Balaban J connectivity index is 1.51. The predicted molar refractivity (Wildman–Crippen MR) is 116 cm³/mol. The molecule has 29 heavy (non-hydrogen) atoms. The zero-order valence-electron chi connectivity index (χ0n) is 16.4. The molecule has 0 N–H and O–H groups in total. The summed E-state index contributed by atoms with van der Waals surface area (Å²) in [4.78, 5) is 29.7. The molecule has 0 radical (unpaired) electrons. The van der Waals surface area contributed by atoms with Gasteiger partial charge in [0.2, 0.25) is 11.8 Å². The van der Waals surface area contributed by atoms with Crippen LogP contribution >= 0.6 is 0 Å². The molecule has 0 saturated heterocycles. The highest BCUT2D eigenvalue weighted by Crippen LogP contribution is 2.42. The molecule has 2 atom stereocenters. The summed E-state index contributed by atoms with van der Waals surface area (Å²) >= 11 is 0. The second-order valence-corrected chi connectivity index (χ2v) is 7.43. The van der Waals surface area contributed by atoms with Crippen molar-refractivity contribution in [2.75, 3.05) is 16.8 Å². The molecule has 1 aliphatic carbocycles. The summed E-state index contributed by atoms with van der Waals surface area (Å²) in [5.74, 6) is -0.505. The van der Waals surface area contributed by atoms with Crippen LogP contribution in [0.25, 0.3) is 0 Å². The zero-order valence-corrected chi connectivity index (χ0v) is 16.4. The Bertz CT molecular complexity index is 973. The number of para-hydroxylation sites is 2. The molecule has 1 aliphatic rings. The van der Waals surface area contributed by atoms with E-state index in [1.807, 2.05) is 91.0 Å². The average molecular weight is 384 g/mol. The smallest absolute Gasteiger partial charge is 0.231 e. The molecule has 0 aromatic heterocycles. The van der Waals surface area contributed by atoms with Gasteiger partial charge in [-0.3, -0.25) is 9.59 Å². The lowest BCUT2D eigenvalue weighted by molar-refractivity contribution is -0.124. The molecule has 0 heterocycles. The van der Waals surface area contributed by atoms with E-state index >= 15 is 0 Å². The molecule has 0 spiro atoms. The van der Waals surface area contributed by atoms with E-state index in [-0.39, 0.29) is 23.7 Å². The van der Waals surface area contributed by atoms with Gasteiger partial charge in [-0.2, -0.15) is 0 Å². The third-order valence-corrected chi connectivity index (χ3v) is 5.42. The summed E-state index contributed by atoms with van der Waals surface area (Å²) in [5, 5.41) is 0. The van der Waals surface area contributed by atoms with Gasteiger partial charge >= 0.3 is 0 Å². The van der Waals surface area contributed by atoms with Crippen molar-refractivity contribution in [1.82, 2.24) is 0 Å². The maximum absolute atomic E-state index is 13.3. The van der Waals surface area contributed by atoms with Crippen LogP contribution in [0.3, 0.4) is 0 Å². The van der Waals surface area contributed by atoms with E-state index in [1.54, 1.807) is 16.8 Å². The van der Waals surface area contributed by atoms with Crippen LogP contribution < -0.4 is 9.80 Å². The number of rotatable bonds is 6. The molecule has 1 fully saturated rings. The van der Waals surface area contributed by atoms with Crippen molar-refractivity contribution in [3.63, 3.8) is 0 Å². The number of hydrogen-bond acceptors (Lipinski definition) is 2. The summed E-state index contributed by atoms with van der Waals surface area (Å²) in [6.07, 6.45) is 0.604. The van der Waals surface area contributed by atoms with E-state index in [4.69, 9.17) is 0 Å². The fourth-order valence-corrected chi connectivity index (χ4v) is 3.64. The first-order chi connectivity index (χ1) is 14.1. The molecule has 4 nitrogen and oxygen atoms in total. The van der Waals surface area contributed by atoms with Gasteiger partial charge in [0, 0.05) is 18.4 Å². The van der Waals surface area contributed by atoms with E-state index in [2.05, 4.69) is 0 Å². The molecular weight excluding hydrogens is 360 g/mol. The fourth-order valence-electron chi connectivity index (χ4n) is 3.64. The number of hydrogen-bond donors (Lipinski definition) is 0. The minimum absolute atomic E-state index is 0.00210. The molecule has 4 heteroatoms. The van der Waals surface area contributed by atoms with Crippen molar-refractivity contribution in [3.05, 3.63) is 96.6 Å². The number of carbonyl (C=O) groups excluding carboxylic acids is 2. The van der Waals surface area contributed by atoms with Crippen LogP contribution in [0.4, 0.5) is 11.4 Å². The summed E-state index contributed by atoms with van der Waals surface area (Å²) in [6.45, 7) is 0.496. The predicted octanol–water partition coefficient (Wildman–Crippen LogP) is 4.52. The molecule has 2 unspecified atom stereocenters. The van der Waals surface area contributed by atoms with Gasteiger partial charge in [-0.15, -0.1) is 0 Å². The molecule has 1 saturated carbocycles. The first-order valence-corrected chi connectivity index (χ1v) is 9.88. The van der Waals surface area contributed by atoms with Crippen molar-refractivity contribution in [1.29, 1.82) is 0 Å². The second-order valence-electron chi connectivity index (χ2n) is 7.43. The van der Waals surface area contributed by atoms with Crippen molar-refractivity contribution < 1.29 is 9.59 Å². The van der Waals surface area contributed by atoms with Gasteiger partial charge in [0.1, 0.15) is 0 Å². The number of carbonyl (C=O) groups is 2. The SMILES string of the molecule is CN(C(=O)C1CC1C(=O)N(Cc1ccccc1)c1ccccc1)c1ccccc1. The monoisotopic (exact) mass is 384 g/mol. The van der Waals surface area contributed by atoms with Crippen LogP contribution in [-0.4, -0.2) is 18.9 Å². The lowest BCUT2D eigenvalue weighted by Gasteiger charge is -2.24. The Morgan fingerprint density at radius 1 is 0.724 bits per heavy atom. The molecule has 3 aromatic carbocycles. The van der Waals surface area contributed by atoms with Crippen LogP contribution in [0, 0.1) is 11.8 Å². The van der Waals surface area contributed by atoms with Crippen LogP contribution in [0.5, 0.6) is 0 Å². The fraction of sp³-hybridized carbons (Fsp3) is 0.200. The quantitative estimate of drug-likeness (QED) is 0.627. The summed E-state index contributed by atoms with van der Waals surface area (Å²) < 4.78 is 0.